The molecule has 3 aromatic heterocycles. The summed E-state index contributed by atoms with van der Waals surface area (Å²) >= 11 is 0. The number of carbonyl (C=O) groups is 1. The van der Waals surface area contributed by atoms with Crippen molar-refractivity contribution in [2.75, 3.05) is 5.32 Å². The van der Waals surface area contributed by atoms with Crippen LogP contribution >= 0.6 is 0 Å². The number of aryl methyl sites for hydroxylation is 2. The zero-order chi connectivity index (χ0) is 22.8. The van der Waals surface area contributed by atoms with E-state index in [1.165, 1.54) is 11.1 Å². The fourth-order valence-electron chi connectivity index (χ4n) is 3.91. The smallest absolute Gasteiger partial charge is 0.274 e. The molecule has 3 heterocycles. The van der Waals surface area contributed by atoms with Gasteiger partial charge in [-0.25, -0.2) is 4.98 Å². The lowest BCUT2D eigenvalue weighted by molar-refractivity contribution is 0.102. The topological polar surface area (TPSA) is 59.3 Å². The number of anilines is 1. The molecule has 1 amide bonds. The summed E-state index contributed by atoms with van der Waals surface area (Å²) < 4.78 is 1.87. The lowest BCUT2D eigenvalue weighted by atomic mass is 10.1. The van der Waals surface area contributed by atoms with Crippen molar-refractivity contribution in [2.45, 2.75) is 20.3 Å². The third-order valence-corrected chi connectivity index (χ3v) is 5.68. The fraction of sp³-hybridized carbons (Fsp3) is 0.107. The van der Waals surface area contributed by atoms with Gasteiger partial charge in [-0.05, 0) is 67.3 Å². The average molecular weight is 433 g/mol. The zero-order valence-corrected chi connectivity index (χ0v) is 18.6. The summed E-state index contributed by atoms with van der Waals surface area (Å²) in [6, 6.07) is 24.0. The molecule has 0 saturated heterocycles. The van der Waals surface area contributed by atoms with Crippen LogP contribution in [0.25, 0.3) is 16.9 Å². The molecular formula is C28H24N4O. The molecule has 0 radical (unpaired) electrons. The van der Waals surface area contributed by atoms with Crippen LogP contribution in [0.4, 0.5) is 5.69 Å². The minimum absolute atomic E-state index is 0.189. The Labute approximate surface area is 192 Å². The standard InChI is InChI=1S/C28H24N4O/c1-19-3-8-23(9-4-19)26-27(32-18-20(2)5-12-25(32)31-26)28(33)30-24-10-6-21(7-11-24)17-22-13-15-29-16-14-22/h3-16,18H,17H2,1-2H3,(H,30,33). The largest absolute Gasteiger partial charge is 0.321 e. The number of fused-ring (bicyclic) bond motifs is 1. The number of nitrogens with zero attached hydrogens (tertiary/aromatic N) is 3. The van der Waals surface area contributed by atoms with Crippen LogP contribution in [0.3, 0.4) is 0 Å². The highest BCUT2D eigenvalue weighted by atomic mass is 16.2. The molecule has 0 unspecified atom stereocenters. The number of aromatic nitrogens is 3. The number of nitrogens with one attached hydrogen (secondary N) is 1. The monoisotopic (exact) mass is 432 g/mol. The van der Waals surface area contributed by atoms with Gasteiger partial charge in [-0.1, -0.05) is 48.0 Å². The van der Waals surface area contributed by atoms with Crippen LogP contribution in [0.1, 0.15) is 32.7 Å². The van der Waals surface area contributed by atoms with Crippen molar-refractivity contribution in [1.29, 1.82) is 0 Å². The van der Waals surface area contributed by atoms with E-state index >= 15 is 0 Å². The van der Waals surface area contributed by atoms with Gasteiger partial charge in [0.2, 0.25) is 0 Å². The van der Waals surface area contributed by atoms with E-state index in [0.29, 0.717) is 11.4 Å². The normalized spacial score (nSPS) is 11.0. The van der Waals surface area contributed by atoms with Crippen molar-refractivity contribution in [2.24, 2.45) is 0 Å². The third-order valence-electron chi connectivity index (χ3n) is 5.68. The van der Waals surface area contributed by atoms with E-state index in [2.05, 4.69) is 10.3 Å². The van der Waals surface area contributed by atoms with Gasteiger partial charge in [-0.3, -0.25) is 14.2 Å². The molecule has 0 aliphatic carbocycles. The lowest BCUT2D eigenvalue weighted by Crippen LogP contribution is -2.15. The molecular weight excluding hydrogens is 408 g/mol. The molecule has 162 valence electrons. The molecule has 0 aliphatic rings. The van der Waals surface area contributed by atoms with Crippen LogP contribution in [0.5, 0.6) is 0 Å². The minimum atomic E-state index is -0.189. The Morgan fingerprint density at radius 1 is 0.818 bits per heavy atom. The van der Waals surface area contributed by atoms with Crippen molar-refractivity contribution >= 4 is 17.2 Å². The summed E-state index contributed by atoms with van der Waals surface area (Å²) in [6.07, 6.45) is 6.37. The van der Waals surface area contributed by atoms with E-state index in [1.54, 1.807) is 12.4 Å². The van der Waals surface area contributed by atoms with Gasteiger partial charge in [0, 0.05) is 29.8 Å². The second kappa shape index (κ2) is 8.71. The van der Waals surface area contributed by atoms with E-state index in [9.17, 15) is 4.79 Å². The Hall–Kier alpha value is -4.25. The molecule has 0 bridgehead atoms. The number of rotatable bonds is 5. The summed E-state index contributed by atoms with van der Waals surface area (Å²) in [4.78, 5) is 22.3. The number of hydrogen-bond acceptors (Lipinski definition) is 3. The van der Waals surface area contributed by atoms with Gasteiger partial charge in [-0.15, -0.1) is 0 Å². The Balaban J connectivity index is 1.46. The average Bonchev–Trinajstić information content (AvgIpc) is 3.20. The predicted octanol–water partition coefficient (Wildman–Crippen LogP) is 5.86. The summed E-state index contributed by atoms with van der Waals surface area (Å²) in [5.41, 5.74) is 8.20. The molecule has 0 atom stereocenters. The molecule has 5 aromatic rings. The van der Waals surface area contributed by atoms with Crippen molar-refractivity contribution in [3.05, 3.63) is 119 Å². The number of benzene rings is 2. The first-order valence-corrected chi connectivity index (χ1v) is 10.9. The maximum atomic E-state index is 13.5. The number of hydrogen-bond donors (Lipinski definition) is 1. The predicted molar refractivity (Wildman–Crippen MR) is 132 cm³/mol. The summed E-state index contributed by atoms with van der Waals surface area (Å²) in [7, 11) is 0. The fourth-order valence-corrected chi connectivity index (χ4v) is 3.91. The maximum absolute atomic E-state index is 13.5. The van der Waals surface area contributed by atoms with E-state index in [1.807, 2.05) is 97.2 Å². The Morgan fingerprint density at radius 2 is 1.48 bits per heavy atom. The lowest BCUT2D eigenvalue weighted by Gasteiger charge is -2.09. The van der Waals surface area contributed by atoms with Crippen LogP contribution < -0.4 is 5.32 Å². The van der Waals surface area contributed by atoms with E-state index in [4.69, 9.17) is 4.98 Å². The Kier molecular flexibility index (Phi) is 5.45. The van der Waals surface area contributed by atoms with Crippen LogP contribution in [0, 0.1) is 13.8 Å². The van der Waals surface area contributed by atoms with E-state index in [-0.39, 0.29) is 5.91 Å². The first kappa shape index (κ1) is 20.6. The molecule has 0 fully saturated rings. The van der Waals surface area contributed by atoms with Crippen molar-refractivity contribution in [1.82, 2.24) is 14.4 Å². The van der Waals surface area contributed by atoms with Gasteiger partial charge in [0.25, 0.3) is 5.91 Å². The van der Waals surface area contributed by atoms with Gasteiger partial charge in [0.1, 0.15) is 17.0 Å². The quantitative estimate of drug-likeness (QED) is 0.379. The van der Waals surface area contributed by atoms with E-state index in [0.717, 1.165) is 34.4 Å². The highest BCUT2D eigenvalue weighted by Crippen LogP contribution is 2.26. The van der Waals surface area contributed by atoms with Crippen molar-refractivity contribution in [3.63, 3.8) is 0 Å². The minimum Gasteiger partial charge on any atom is -0.321 e. The Bertz CT molecular complexity index is 1420. The van der Waals surface area contributed by atoms with Gasteiger partial charge in [-0.2, -0.15) is 0 Å². The molecule has 2 aromatic carbocycles. The molecule has 33 heavy (non-hydrogen) atoms. The number of pyridine rings is 2. The number of imidazole rings is 1. The summed E-state index contributed by atoms with van der Waals surface area (Å²) in [6.45, 7) is 4.05. The van der Waals surface area contributed by atoms with Gasteiger partial charge >= 0.3 is 0 Å². The van der Waals surface area contributed by atoms with Crippen LogP contribution in [0.15, 0.2) is 91.4 Å². The van der Waals surface area contributed by atoms with Crippen LogP contribution in [0.2, 0.25) is 0 Å². The second-order valence-electron chi connectivity index (χ2n) is 8.29. The first-order valence-electron chi connectivity index (χ1n) is 10.9. The highest BCUT2D eigenvalue weighted by molar-refractivity contribution is 6.07. The third kappa shape index (κ3) is 4.39. The van der Waals surface area contributed by atoms with E-state index < -0.39 is 0 Å². The van der Waals surface area contributed by atoms with Gasteiger partial charge in [0.05, 0.1) is 0 Å². The van der Waals surface area contributed by atoms with Gasteiger partial charge in [0.15, 0.2) is 0 Å². The van der Waals surface area contributed by atoms with Crippen LogP contribution in [-0.4, -0.2) is 20.3 Å². The maximum Gasteiger partial charge on any atom is 0.274 e. The molecule has 0 spiro atoms. The SMILES string of the molecule is Cc1ccc(-c2nc3ccc(C)cn3c2C(=O)Nc2ccc(Cc3ccncc3)cc2)cc1. The molecule has 5 nitrogen and oxygen atoms in total. The molecule has 5 heteroatoms. The number of carbonyl (C=O) groups excluding carboxylic acids is 1. The summed E-state index contributed by atoms with van der Waals surface area (Å²) in [5.74, 6) is -0.189. The zero-order valence-electron chi connectivity index (χ0n) is 18.6. The molecule has 1 N–H and O–H groups in total. The molecule has 5 rings (SSSR count). The molecule has 0 saturated carbocycles. The van der Waals surface area contributed by atoms with Crippen LogP contribution in [-0.2, 0) is 6.42 Å². The highest BCUT2D eigenvalue weighted by Gasteiger charge is 2.21. The molecule has 0 aliphatic heterocycles. The Morgan fingerprint density at radius 3 is 2.21 bits per heavy atom. The second-order valence-corrected chi connectivity index (χ2v) is 8.29. The number of amides is 1. The van der Waals surface area contributed by atoms with Crippen molar-refractivity contribution < 1.29 is 4.79 Å². The summed E-state index contributed by atoms with van der Waals surface area (Å²) in [5, 5.41) is 3.06. The first-order chi connectivity index (χ1) is 16.1. The van der Waals surface area contributed by atoms with Crippen molar-refractivity contribution in [3.8, 4) is 11.3 Å². The van der Waals surface area contributed by atoms with Gasteiger partial charge < -0.3 is 5.32 Å².